The molecule has 1 N–H and O–H groups in total. The third kappa shape index (κ3) is 4.05. The summed E-state index contributed by atoms with van der Waals surface area (Å²) in [5.74, 6) is 0. The number of benzene rings is 2. The summed E-state index contributed by atoms with van der Waals surface area (Å²) in [6.45, 7) is 2.26. The Bertz CT molecular complexity index is 468. The zero-order valence-electron chi connectivity index (χ0n) is 10.7. The summed E-state index contributed by atoms with van der Waals surface area (Å²) >= 11 is -0.0474. The molecule has 0 aliphatic carbocycles. The van der Waals surface area contributed by atoms with Crippen molar-refractivity contribution in [3.05, 3.63) is 54.6 Å². The average Bonchev–Trinajstić information content (AvgIpc) is 2.42. The molecule has 0 aliphatic rings. The van der Waals surface area contributed by atoms with Crippen molar-refractivity contribution in [2.45, 2.75) is 24.2 Å². The minimum atomic E-state index is -0.0474. The van der Waals surface area contributed by atoms with Gasteiger partial charge in [-0.05, 0) is 0 Å². The van der Waals surface area contributed by atoms with Crippen LogP contribution < -0.4 is 8.93 Å². The van der Waals surface area contributed by atoms with E-state index in [-0.39, 0.29) is 20.9 Å². The van der Waals surface area contributed by atoms with Gasteiger partial charge in [0.25, 0.3) is 0 Å². The van der Waals surface area contributed by atoms with Gasteiger partial charge in [-0.3, -0.25) is 0 Å². The number of hydrogen-bond donors (Lipinski definition) is 1. The molecule has 0 saturated carbocycles. The van der Waals surface area contributed by atoms with Gasteiger partial charge in [0, 0.05) is 0 Å². The van der Waals surface area contributed by atoms with Gasteiger partial charge in [-0.1, -0.05) is 0 Å². The van der Waals surface area contributed by atoms with Crippen LogP contribution in [0.15, 0.2) is 54.6 Å². The third-order valence-electron chi connectivity index (χ3n) is 2.70. The molecule has 0 aromatic heterocycles. The second kappa shape index (κ2) is 7.46. The van der Waals surface area contributed by atoms with Crippen molar-refractivity contribution >= 4 is 35.9 Å². The Morgan fingerprint density at radius 3 is 2.44 bits per heavy atom. The van der Waals surface area contributed by atoms with E-state index >= 15 is 0 Å². The van der Waals surface area contributed by atoms with Crippen LogP contribution in [0.3, 0.4) is 0 Å². The number of rotatable bonds is 6. The molecule has 2 aromatic carbocycles. The van der Waals surface area contributed by atoms with E-state index in [1.165, 1.54) is 28.7 Å². The zero-order valence-corrected chi connectivity index (χ0v) is 13.1. The Balaban J connectivity index is 2.07. The van der Waals surface area contributed by atoms with Crippen molar-refractivity contribution in [3.63, 3.8) is 0 Å². The molecule has 2 heteroatoms. The molecule has 2 rings (SSSR count). The first-order valence-corrected chi connectivity index (χ1v) is 9.25. The van der Waals surface area contributed by atoms with E-state index in [1.54, 1.807) is 3.61 Å². The van der Waals surface area contributed by atoms with Gasteiger partial charge in [-0.15, -0.1) is 0 Å². The maximum absolute atomic E-state index is 3.53. The average molecular weight is 353 g/mol. The van der Waals surface area contributed by atoms with Crippen LogP contribution in [0.25, 0.3) is 0 Å². The SMILES string of the molecule is CCCC[Te]c1ccccc1Nc1ccccc1. The van der Waals surface area contributed by atoms with Gasteiger partial charge >= 0.3 is 120 Å². The van der Waals surface area contributed by atoms with Gasteiger partial charge in [0.05, 0.1) is 0 Å². The van der Waals surface area contributed by atoms with Gasteiger partial charge in [0.2, 0.25) is 0 Å². The van der Waals surface area contributed by atoms with Crippen LogP contribution in [-0.4, -0.2) is 20.9 Å². The van der Waals surface area contributed by atoms with Crippen LogP contribution in [0.4, 0.5) is 11.4 Å². The topological polar surface area (TPSA) is 12.0 Å². The van der Waals surface area contributed by atoms with E-state index < -0.39 is 0 Å². The molecule has 0 heterocycles. The van der Waals surface area contributed by atoms with Crippen LogP contribution in [0.5, 0.6) is 0 Å². The number of hydrogen-bond acceptors (Lipinski definition) is 1. The molecule has 0 atom stereocenters. The molecule has 18 heavy (non-hydrogen) atoms. The van der Waals surface area contributed by atoms with E-state index in [9.17, 15) is 0 Å². The Morgan fingerprint density at radius 1 is 0.944 bits per heavy atom. The molecular weight excluding hydrogens is 334 g/mol. The number of anilines is 2. The van der Waals surface area contributed by atoms with E-state index in [2.05, 4.69) is 60.8 Å². The minimum absolute atomic E-state index is 0.0474. The molecule has 0 unspecified atom stereocenters. The summed E-state index contributed by atoms with van der Waals surface area (Å²) in [6.07, 6.45) is 2.67. The quantitative estimate of drug-likeness (QED) is 0.612. The van der Waals surface area contributed by atoms with Crippen LogP contribution >= 0.6 is 0 Å². The number of unbranched alkanes of at least 4 members (excludes halogenated alkanes) is 1. The Hall–Kier alpha value is -0.970. The first kappa shape index (κ1) is 13.5. The monoisotopic (exact) mass is 355 g/mol. The molecular formula is C16H19NTe. The van der Waals surface area contributed by atoms with E-state index in [1.807, 2.05) is 6.07 Å². The van der Waals surface area contributed by atoms with Crippen LogP contribution in [0.1, 0.15) is 19.8 Å². The second-order valence-corrected chi connectivity index (χ2v) is 7.43. The fourth-order valence-electron chi connectivity index (χ4n) is 1.70. The molecule has 0 spiro atoms. The first-order chi connectivity index (χ1) is 8.90. The summed E-state index contributed by atoms with van der Waals surface area (Å²) in [4.78, 5) is 0. The predicted molar refractivity (Wildman–Crippen MR) is 81.3 cm³/mol. The van der Waals surface area contributed by atoms with Gasteiger partial charge in [-0.25, -0.2) is 0 Å². The fraction of sp³-hybridized carbons (Fsp3) is 0.250. The van der Waals surface area contributed by atoms with Crippen molar-refractivity contribution in [3.8, 4) is 0 Å². The normalized spacial score (nSPS) is 10.3. The molecule has 0 saturated heterocycles. The summed E-state index contributed by atoms with van der Waals surface area (Å²) in [5.41, 5.74) is 2.47. The fourth-order valence-corrected chi connectivity index (χ4v) is 4.85. The summed E-state index contributed by atoms with van der Waals surface area (Å²) in [5, 5.41) is 3.53. The van der Waals surface area contributed by atoms with Gasteiger partial charge in [0.15, 0.2) is 0 Å². The second-order valence-electron chi connectivity index (χ2n) is 4.19. The molecule has 0 radical (unpaired) electrons. The van der Waals surface area contributed by atoms with Crippen molar-refractivity contribution in [1.82, 2.24) is 0 Å². The van der Waals surface area contributed by atoms with Crippen molar-refractivity contribution in [1.29, 1.82) is 0 Å². The summed E-state index contributed by atoms with van der Waals surface area (Å²) in [6, 6.07) is 19.2. The van der Waals surface area contributed by atoms with Crippen molar-refractivity contribution in [2.75, 3.05) is 5.32 Å². The van der Waals surface area contributed by atoms with Gasteiger partial charge < -0.3 is 0 Å². The first-order valence-electron chi connectivity index (χ1n) is 6.44. The Labute approximate surface area is 120 Å². The van der Waals surface area contributed by atoms with Crippen LogP contribution in [0.2, 0.25) is 4.47 Å². The van der Waals surface area contributed by atoms with E-state index in [0.29, 0.717) is 0 Å². The number of nitrogens with one attached hydrogen (secondary N) is 1. The standard InChI is InChI=1S/C16H19NTe/c1-2-3-13-18-16-12-8-7-11-15(16)17-14-9-5-4-6-10-14/h4-12,17H,2-3,13H2,1H3. The summed E-state index contributed by atoms with van der Waals surface area (Å²) in [7, 11) is 0. The Morgan fingerprint density at radius 2 is 1.67 bits per heavy atom. The van der Waals surface area contributed by atoms with Gasteiger partial charge in [0.1, 0.15) is 0 Å². The van der Waals surface area contributed by atoms with Crippen molar-refractivity contribution < 1.29 is 0 Å². The van der Waals surface area contributed by atoms with Crippen LogP contribution in [-0.2, 0) is 0 Å². The molecule has 0 bridgehead atoms. The predicted octanol–water partition coefficient (Wildman–Crippen LogP) is 3.98. The molecule has 94 valence electrons. The zero-order chi connectivity index (χ0) is 12.6. The maximum atomic E-state index is 3.53. The summed E-state index contributed by atoms with van der Waals surface area (Å²) < 4.78 is 2.94. The molecule has 0 fully saturated rings. The molecule has 0 amide bonds. The number of para-hydroxylation sites is 2. The van der Waals surface area contributed by atoms with E-state index in [4.69, 9.17) is 0 Å². The molecule has 2 aromatic rings. The third-order valence-corrected chi connectivity index (χ3v) is 6.01. The molecule has 0 aliphatic heterocycles. The van der Waals surface area contributed by atoms with Gasteiger partial charge in [-0.2, -0.15) is 0 Å². The van der Waals surface area contributed by atoms with Crippen LogP contribution in [0, 0.1) is 0 Å². The Kier molecular flexibility index (Phi) is 5.58. The van der Waals surface area contributed by atoms with Crippen molar-refractivity contribution in [2.24, 2.45) is 0 Å². The van der Waals surface area contributed by atoms with E-state index in [0.717, 1.165) is 0 Å². The molecule has 1 nitrogen and oxygen atoms in total.